The molecule has 0 atom stereocenters. The van der Waals surface area contributed by atoms with E-state index in [4.69, 9.17) is 0 Å². The van der Waals surface area contributed by atoms with Crippen LogP contribution in [0.15, 0.2) is 11.0 Å². The number of aromatic nitrogens is 2. The minimum absolute atomic E-state index is 0.0202. The summed E-state index contributed by atoms with van der Waals surface area (Å²) in [4.78, 5) is 22.1. The van der Waals surface area contributed by atoms with E-state index < -0.39 is 11.5 Å². The van der Waals surface area contributed by atoms with Gasteiger partial charge < -0.3 is 13.5 Å². The number of H-pyrrole nitrogens is 1. The van der Waals surface area contributed by atoms with Crippen LogP contribution in [0.3, 0.4) is 0 Å². The number of hydrogen-bond acceptors (Lipinski definition) is 3. The highest BCUT2D eigenvalue weighted by molar-refractivity contribution is 6.06. The summed E-state index contributed by atoms with van der Waals surface area (Å²) in [6, 6.07) is 0. The van der Waals surface area contributed by atoms with E-state index in [1.54, 1.807) is 6.92 Å². The molecule has 6 heteroatoms. The summed E-state index contributed by atoms with van der Waals surface area (Å²) in [6.07, 6.45) is 1.31. The van der Waals surface area contributed by atoms with Crippen LogP contribution in [-0.4, -0.2) is 37.9 Å². The SMILES string of the molecule is CCOC(=O)c1c[nH][n]([Al])c1=O. The minimum atomic E-state index is -0.597. The minimum Gasteiger partial charge on any atom is -0.462 e. The molecule has 0 aliphatic carbocycles. The number of esters is 1. The third kappa shape index (κ3) is 1.60. The monoisotopic (exact) mass is 182 g/mol. The summed E-state index contributed by atoms with van der Waals surface area (Å²) in [5.41, 5.74) is -0.384. The normalized spacial score (nSPS) is 9.75. The van der Waals surface area contributed by atoms with Crippen LogP contribution in [-0.2, 0) is 4.74 Å². The van der Waals surface area contributed by atoms with E-state index in [-0.39, 0.29) is 12.2 Å². The molecule has 0 saturated carbocycles. The summed E-state index contributed by atoms with van der Waals surface area (Å²) < 4.78 is 5.77. The van der Waals surface area contributed by atoms with Gasteiger partial charge in [0.25, 0.3) is 5.56 Å². The van der Waals surface area contributed by atoms with Crippen LogP contribution in [0.1, 0.15) is 17.3 Å². The molecule has 1 N–H and O–H groups in total. The molecule has 0 amide bonds. The Morgan fingerprint density at radius 1 is 1.83 bits per heavy atom. The molecule has 1 rings (SSSR count). The van der Waals surface area contributed by atoms with E-state index in [9.17, 15) is 9.59 Å². The fraction of sp³-hybridized carbons (Fsp3) is 0.333. The Morgan fingerprint density at radius 3 is 2.92 bits per heavy atom. The van der Waals surface area contributed by atoms with Gasteiger partial charge in [-0.05, 0) is 6.92 Å². The second-order valence-electron chi connectivity index (χ2n) is 2.08. The van der Waals surface area contributed by atoms with Gasteiger partial charge in [0, 0.05) is 6.20 Å². The van der Waals surface area contributed by atoms with Crippen molar-refractivity contribution in [2.24, 2.45) is 0 Å². The summed E-state index contributed by atoms with van der Waals surface area (Å²) in [7, 11) is 0. The van der Waals surface area contributed by atoms with Crippen molar-refractivity contribution in [3.8, 4) is 0 Å². The Hall–Kier alpha value is -0.988. The number of ether oxygens (including phenoxy) is 1. The van der Waals surface area contributed by atoms with Gasteiger partial charge in [0.15, 0.2) is 0 Å². The van der Waals surface area contributed by atoms with E-state index in [1.165, 1.54) is 6.20 Å². The molecule has 12 heavy (non-hydrogen) atoms. The highest BCUT2D eigenvalue weighted by Crippen LogP contribution is 1.91. The molecule has 5 nitrogen and oxygen atoms in total. The molecule has 1 aromatic rings. The maximum Gasteiger partial charge on any atom is 0.356 e. The summed E-state index contributed by atoms with van der Waals surface area (Å²) in [5.74, 6) is -0.597. The molecule has 0 aromatic carbocycles. The van der Waals surface area contributed by atoms with Gasteiger partial charge in [0.2, 0.25) is 0 Å². The van der Waals surface area contributed by atoms with Gasteiger partial charge in [-0.3, -0.25) is 4.79 Å². The first-order chi connectivity index (χ1) is 5.66. The first kappa shape index (κ1) is 9.10. The second kappa shape index (κ2) is 3.61. The van der Waals surface area contributed by atoms with Gasteiger partial charge in [-0.1, -0.05) is 0 Å². The maximum absolute atomic E-state index is 11.1. The van der Waals surface area contributed by atoms with Crippen molar-refractivity contribution in [2.45, 2.75) is 6.92 Å². The fourth-order valence-electron chi connectivity index (χ4n) is 0.739. The van der Waals surface area contributed by atoms with Gasteiger partial charge in [0.1, 0.15) is 5.56 Å². The Balaban J connectivity index is 2.96. The fourth-order valence-corrected chi connectivity index (χ4v) is 0.953. The quantitative estimate of drug-likeness (QED) is 0.485. The van der Waals surface area contributed by atoms with Crippen molar-refractivity contribution >= 4 is 22.5 Å². The second-order valence-corrected chi connectivity index (χ2v) is 2.60. The lowest BCUT2D eigenvalue weighted by Gasteiger charge is -1.95. The topological polar surface area (TPSA) is 64.1 Å². The summed E-state index contributed by atoms with van der Waals surface area (Å²) >= 11 is 2.13. The van der Waals surface area contributed by atoms with Crippen molar-refractivity contribution in [2.75, 3.05) is 6.61 Å². The average Bonchev–Trinajstić information content (AvgIpc) is 2.34. The predicted octanol–water partition coefficient (Wildman–Crippen LogP) is -0.715. The first-order valence-corrected chi connectivity index (χ1v) is 3.91. The Labute approximate surface area is 77.0 Å². The van der Waals surface area contributed by atoms with E-state index in [0.717, 1.165) is 3.67 Å². The van der Waals surface area contributed by atoms with Crippen molar-refractivity contribution in [3.63, 3.8) is 0 Å². The van der Waals surface area contributed by atoms with E-state index >= 15 is 0 Å². The smallest absolute Gasteiger partial charge is 0.356 e. The number of carbonyl (C=O) groups excluding carboxylic acids is 1. The number of nitrogens with one attached hydrogen (secondary N) is 1. The molecule has 1 heterocycles. The molecule has 0 bridgehead atoms. The van der Waals surface area contributed by atoms with Crippen LogP contribution < -0.4 is 5.56 Å². The number of rotatable bonds is 2. The zero-order valence-corrected chi connectivity index (χ0v) is 7.69. The van der Waals surface area contributed by atoms with E-state index in [1.807, 2.05) is 0 Å². The molecular weight excluding hydrogens is 175 g/mol. The molecule has 1 aromatic heterocycles. The molecule has 2 radical (unpaired) electrons. The van der Waals surface area contributed by atoms with E-state index in [2.05, 4.69) is 26.3 Å². The van der Waals surface area contributed by atoms with Gasteiger partial charge in [-0.15, -0.1) is 0 Å². The highest BCUT2D eigenvalue weighted by Gasteiger charge is 2.12. The van der Waals surface area contributed by atoms with Crippen molar-refractivity contribution in [3.05, 3.63) is 22.1 Å². The van der Waals surface area contributed by atoms with Crippen LogP contribution in [0.25, 0.3) is 0 Å². The predicted molar refractivity (Wildman–Crippen MR) is 42.2 cm³/mol. The third-order valence-electron chi connectivity index (χ3n) is 1.29. The van der Waals surface area contributed by atoms with Gasteiger partial charge >= 0.3 is 22.5 Å². The molecular formula is C6H7AlN2O3. The molecule has 0 fully saturated rings. The van der Waals surface area contributed by atoms with Crippen LogP contribution in [0, 0.1) is 0 Å². The first-order valence-electron chi connectivity index (χ1n) is 3.39. The molecule has 0 aliphatic rings. The lowest BCUT2D eigenvalue weighted by atomic mass is 10.4. The largest absolute Gasteiger partial charge is 0.462 e. The van der Waals surface area contributed by atoms with E-state index in [0.29, 0.717) is 0 Å². The molecule has 62 valence electrons. The van der Waals surface area contributed by atoms with Crippen molar-refractivity contribution in [1.29, 1.82) is 0 Å². The Morgan fingerprint density at radius 2 is 2.50 bits per heavy atom. The zero-order valence-electron chi connectivity index (χ0n) is 6.53. The number of carbonyl (C=O) groups is 1. The van der Waals surface area contributed by atoms with Crippen molar-refractivity contribution in [1.82, 2.24) is 8.76 Å². The molecule has 0 saturated heterocycles. The maximum atomic E-state index is 11.1. The zero-order chi connectivity index (χ0) is 9.14. The van der Waals surface area contributed by atoms with Crippen LogP contribution in [0.2, 0.25) is 0 Å². The molecule has 0 aliphatic heterocycles. The van der Waals surface area contributed by atoms with Crippen LogP contribution in [0.4, 0.5) is 0 Å². The number of nitrogens with zero attached hydrogens (tertiary/aromatic N) is 1. The van der Waals surface area contributed by atoms with Gasteiger partial charge in [-0.2, -0.15) is 0 Å². The Bertz CT molecular complexity index is 341. The lowest BCUT2D eigenvalue weighted by Crippen LogP contribution is -2.21. The van der Waals surface area contributed by atoms with Crippen LogP contribution >= 0.6 is 0 Å². The summed E-state index contributed by atoms with van der Waals surface area (Å²) in [5, 5.41) is 2.54. The number of hydrogen-bond donors (Lipinski definition) is 1. The van der Waals surface area contributed by atoms with Gasteiger partial charge in [-0.25, -0.2) is 4.79 Å². The van der Waals surface area contributed by atoms with Crippen molar-refractivity contribution < 1.29 is 9.53 Å². The third-order valence-corrected chi connectivity index (χ3v) is 1.68. The lowest BCUT2D eigenvalue weighted by molar-refractivity contribution is 0.0525. The van der Waals surface area contributed by atoms with Crippen LogP contribution in [0.5, 0.6) is 0 Å². The molecule has 0 unspecified atom stereocenters. The summed E-state index contributed by atoms with van der Waals surface area (Å²) in [6.45, 7) is 1.95. The Kier molecular flexibility index (Phi) is 2.74. The standard InChI is InChI=1S/C6H8N2O3.Al/c1-2-11-6(10)4-3-7-8-5(4)9;/h3H,2H2,1H3,(H2,7,8,9,10);/q;+1/p-1. The number of aromatic amines is 1. The molecule has 0 spiro atoms. The average molecular weight is 182 g/mol. The highest BCUT2D eigenvalue weighted by atomic mass is 27.1. The van der Waals surface area contributed by atoms with Gasteiger partial charge in [0.05, 0.1) is 6.61 Å².